The molecule has 28 heavy (non-hydrogen) atoms. The quantitative estimate of drug-likeness (QED) is 0.250. The van der Waals surface area contributed by atoms with Gasteiger partial charge in [0, 0.05) is 6.42 Å². The van der Waals surface area contributed by atoms with Crippen LogP contribution in [0.15, 0.2) is 24.3 Å². The van der Waals surface area contributed by atoms with Crippen molar-refractivity contribution in [3.8, 4) is 5.75 Å². The number of aliphatic hydroxyl groups excluding tert-OH is 1. The van der Waals surface area contributed by atoms with Crippen LogP contribution in [0.1, 0.15) is 25.3 Å². The lowest BCUT2D eigenvalue weighted by Gasteiger charge is -2.24. The highest BCUT2D eigenvalue weighted by molar-refractivity contribution is 5.91. The van der Waals surface area contributed by atoms with E-state index in [1.54, 1.807) is 12.1 Å². The Morgan fingerprint density at radius 1 is 1.14 bits per heavy atom. The lowest BCUT2D eigenvalue weighted by atomic mass is 10.0. The maximum Gasteiger partial charge on any atom is 0.303 e. The smallest absolute Gasteiger partial charge is 0.303 e. The number of hydrogen-bond donors (Lipinski definition) is 6. The van der Waals surface area contributed by atoms with Crippen LogP contribution in [0.3, 0.4) is 0 Å². The average molecular weight is 395 g/mol. The monoisotopic (exact) mass is 395 g/mol. The third-order valence-corrected chi connectivity index (χ3v) is 3.95. The molecule has 0 radical (unpaired) electrons. The Hall–Kier alpha value is -2.98. The maximum atomic E-state index is 12.3. The molecule has 0 fully saturated rings. The maximum absolute atomic E-state index is 12.3. The van der Waals surface area contributed by atoms with Crippen LogP contribution < -0.4 is 16.4 Å². The Kier molecular flexibility index (Phi) is 9.06. The van der Waals surface area contributed by atoms with Crippen LogP contribution in [0.4, 0.5) is 0 Å². The molecule has 0 saturated heterocycles. The number of nitrogens with two attached hydrogens (primary N) is 1. The van der Waals surface area contributed by atoms with Gasteiger partial charge < -0.3 is 36.5 Å². The van der Waals surface area contributed by atoms with Gasteiger partial charge in [-0.05, 0) is 37.5 Å². The molecule has 0 bridgehead atoms. The van der Waals surface area contributed by atoms with Gasteiger partial charge in [0.25, 0.3) is 0 Å². The van der Waals surface area contributed by atoms with E-state index in [-0.39, 0.29) is 25.0 Å². The second-order valence-corrected chi connectivity index (χ2v) is 6.39. The standard InChI is InChI=1S/C18H25N3O7/c1-10(23)16(18(28)20-12(9-22)4-7-15(25)26)21-17(27)14(19)8-11-2-5-13(24)6-3-11/h2-3,5-6,9-10,12,14,16,23-24H,4,7-8,19H2,1H3,(H,20,28)(H,21,27)(H,25,26)/t10-,12+,14+,16+/m1/s1. The predicted octanol–water partition coefficient (Wildman–Crippen LogP) is -1.32. The molecule has 10 nitrogen and oxygen atoms in total. The van der Waals surface area contributed by atoms with E-state index in [4.69, 9.17) is 10.8 Å². The van der Waals surface area contributed by atoms with Gasteiger partial charge in [0.15, 0.2) is 0 Å². The summed E-state index contributed by atoms with van der Waals surface area (Å²) < 4.78 is 0. The number of carboxylic acid groups (broad SMARTS) is 1. The summed E-state index contributed by atoms with van der Waals surface area (Å²) in [6, 6.07) is 2.63. The Balaban J connectivity index is 2.69. The fraction of sp³-hybridized carbons (Fsp3) is 0.444. The number of hydrogen-bond acceptors (Lipinski definition) is 7. The number of carbonyl (C=O) groups is 4. The molecule has 0 aliphatic rings. The van der Waals surface area contributed by atoms with E-state index < -0.39 is 42.0 Å². The summed E-state index contributed by atoms with van der Waals surface area (Å²) in [5, 5.41) is 32.3. The third-order valence-electron chi connectivity index (χ3n) is 3.95. The minimum absolute atomic E-state index is 0.0697. The van der Waals surface area contributed by atoms with Gasteiger partial charge in [-0.1, -0.05) is 12.1 Å². The molecule has 10 heteroatoms. The van der Waals surface area contributed by atoms with E-state index in [1.165, 1.54) is 19.1 Å². The van der Waals surface area contributed by atoms with E-state index in [0.29, 0.717) is 11.8 Å². The number of carbonyl (C=O) groups excluding carboxylic acids is 3. The summed E-state index contributed by atoms with van der Waals surface area (Å²) in [7, 11) is 0. The Morgan fingerprint density at radius 2 is 1.75 bits per heavy atom. The van der Waals surface area contributed by atoms with E-state index in [2.05, 4.69) is 10.6 Å². The molecule has 2 amide bonds. The fourth-order valence-electron chi connectivity index (χ4n) is 2.37. The zero-order valence-corrected chi connectivity index (χ0v) is 15.4. The second-order valence-electron chi connectivity index (χ2n) is 6.39. The number of phenols is 1. The molecule has 0 unspecified atom stereocenters. The number of aldehydes is 1. The van der Waals surface area contributed by atoms with Crippen molar-refractivity contribution in [1.82, 2.24) is 10.6 Å². The van der Waals surface area contributed by atoms with Crippen molar-refractivity contribution in [3.05, 3.63) is 29.8 Å². The van der Waals surface area contributed by atoms with Crippen molar-refractivity contribution < 1.29 is 34.5 Å². The number of nitrogens with one attached hydrogen (secondary N) is 2. The summed E-state index contributed by atoms with van der Waals surface area (Å²) in [4.78, 5) is 46.2. The van der Waals surface area contributed by atoms with E-state index in [1.807, 2.05) is 0 Å². The van der Waals surface area contributed by atoms with Crippen molar-refractivity contribution in [3.63, 3.8) is 0 Å². The molecular weight excluding hydrogens is 370 g/mol. The molecule has 0 aromatic heterocycles. The number of aliphatic hydroxyl groups is 1. The number of phenolic OH excluding ortho intramolecular Hbond substituents is 1. The Morgan fingerprint density at radius 3 is 2.25 bits per heavy atom. The van der Waals surface area contributed by atoms with Crippen LogP contribution >= 0.6 is 0 Å². The van der Waals surface area contributed by atoms with Gasteiger partial charge in [0.1, 0.15) is 18.1 Å². The molecule has 0 heterocycles. The van der Waals surface area contributed by atoms with Crippen LogP contribution in [0.25, 0.3) is 0 Å². The first-order valence-corrected chi connectivity index (χ1v) is 8.63. The number of aromatic hydroxyl groups is 1. The zero-order valence-electron chi connectivity index (χ0n) is 15.4. The molecule has 7 N–H and O–H groups in total. The Labute approximate surface area is 161 Å². The number of rotatable bonds is 11. The summed E-state index contributed by atoms with van der Waals surface area (Å²) >= 11 is 0. The summed E-state index contributed by atoms with van der Waals surface area (Å²) in [6.45, 7) is 1.28. The predicted molar refractivity (Wildman–Crippen MR) is 98.3 cm³/mol. The van der Waals surface area contributed by atoms with Gasteiger partial charge >= 0.3 is 5.97 Å². The molecule has 0 aliphatic heterocycles. The summed E-state index contributed by atoms with van der Waals surface area (Å²) in [5.41, 5.74) is 6.52. The molecular formula is C18H25N3O7. The van der Waals surface area contributed by atoms with Gasteiger partial charge in [-0.2, -0.15) is 0 Å². The molecule has 0 spiro atoms. The third kappa shape index (κ3) is 7.72. The first-order chi connectivity index (χ1) is 13.1. The fourth-order valence-corrected chi connectivity index (χ4v) is 2.37. The van der Waals surface area contributed by atoms with Gasteiger partial charge in [0.2, 0.25) is 11.8 Å². The first-order valence-electron chi connectivity index (χ1n) is 8.63. The zero-order chi connectivity index (χ0) is 21.3. The van der Waals surface area contributed by atoms with Crippen LogP contribution in [0.2, 0.25) is 0 Å². The molecule has 4 atom stereocenters. The molecule has 0 saturated carbocycles. The van der Waals surface area contributed by atoms with Crippen LogP contribution in [-0.2, 0) is 25.6 Å². The average Bonchev–Trinajstić information content (AvgIpc) is 2.63. The summed E-state index contributed by atoms with van der Waals surface area (Å²) in [6.07, 6.45) is -1.21. The summed E-state index contributed by atoms with van der Waals surface area (Å²) in [5.74, 6) is -2.58. The van der Waals surface area contributed by atoms with E-state index in [0.717, 1.165) is 0 Å². The Bertz CT molecular complexity index is 691. The molecule has 1 aromatic rings. The topological polar surface area (TPSA) is 179 Å². The van der Waals surface area contributed by atoms with Gasteiger partial charge in [-0.25, -0.2) is 0 Å². The minimum atomic E-state index is -1.37. The van der Waals surface area contributed by atoms with E-state index >= 15 is 0 Å². The van der Waals surface area contributed by atoms with Crippen molar-refractivity contribution in [1.29, 1.82) is 0 Å². The lowest BCUT2D eigenvalue weighted by Crippen LogP contribution is -2.57. The van der Waals surface area contributed by atoms with E-state index in [9.17, 15) is 29.4 Å². The van der Waals surface area contributed by atoms with Gasteiger partial charge in [0.05, 0.1) is 18.2 Å². The number of carboxylic acids is 1. The van der Waals surface area contributed by atoms with Crippen LogP contribution in [-0.4, -0.2) is 63.6 Å². The molecule has 0 aliphatic carbocycles. The number of amides is 2. The molecule has 1 rings (SSSR count). The minimum Gasteiger partial charge on any atom is -0.508 e. The number of aliphatic carboxylic acids is 1. The largest absolute Gasteiger partial charge is 0.508 e. The van der Waals surface area contributed by atoms with Crippen molar-refractivity contribution in [2.24, 2.45) is 5.73 Å². The SMILES string of the molecule is C[C@@H](O)[C@H](NC(=O)[C@@H](N)Cc1ccc(O)cc1)C(=O)N[C@H](C=O)CCC(=O)O. The second kappa shape index (κ2) is 11.0. The lowest BCUT2D eigenvalue weighted by molar-refractivity contribution is -0.137. The highest BCUT2D eigenvalue weighted by atomic mass is 16.4. The highest BCUT2D eigenvalue weighted by Gasteiger charge is 2.29. The normalized spacial score (nSPS) is 15.0. The number of benzene rings is 1. The van der Waals surface area contributed by atoms with Crippen molar-refractivity contribution in [2.75, 3.05) is 0 Å². The highest BCUT2D eigenvalue weighted by Crippen LogP contribution is 2.11. The molecule has 154 valence electrons. The van der Waals surface area contributed by atoms with Crippen LogP contribution in [0.5, 0.6) is 5.75 Å². The first kappa shape index (κ1) is 23.1. The van der Waals surface area contributed by atoms with Crippen LogP contribution in [0, 0.1) is 0 Å². The van der Waals surface area contributed by atoms with Gasteiger partial charge in [-0.3, -0.25) is 14.4 Å². The van der Waals surface area contributed by atoms with Crippen molar-refractivity contribution in [2.45, 2.75) is 50.4 Å². The van der Waals surface area contributed by atoms with Gasteiger partial charge in [-0.15, -0.1) is 0 Å². The molecule has 1 aromatic carbocycles. The van der Waals surface area contributed by atoms with Crippen molar-refractivity contribution >= 4 is 24.1 Å².